The molecule has 6 rings (SSSR count). The van der Waals surface area contributed by atoms with Gasteiger partial charge in [0.05, 0.1) is 27.3 Å². The number of rotatable bonds is 1. The van der Waals surface area contributed by atoms with Crippen LogP contribution in [0.15, 0.2) is 78.9 Å². The van der Waals surface area contributed by atoms with Crippen LogP contribution in [-0.2, 0) is 0 Å². The summed E-state index contributed by atoms with van der Waals surface area (Å²) in [5.41, 5.74) is 9.82. The Bertz CT molecular complexity index is 1540. The van der Waals surface area contributed by atoms with Crippen LogP contribution in [0.1, 0.15) is 28.3 Å². The van der Waals surface area contributed by atoms with E-state index in [0.717, 1.165) is 60.5 Å². The van der Waals surface area contributed by atoms with Gasteiger partial charge in [0.2, 0.25) is 0 Å². The van der Waals surface area contributed by atoms with Crippen LogP contribution in [0.2, 0.25) is 0 Å². The first-order valence-corrected chi connectivity index (χ1v) is 10.8. The monoisotopic (exact) mass is 464 g/mol. The third-order valence-electron chi connectivity index (χ3n) is 5.34. The normalized spacial score (nSPS) is 13.1. The average Bonchev–Trinajstić information content (AvgIpc) is 3.55. The van der Waals surface area contributed by atoms with Crippen molar-refractivity contribution in [3.63, 3.8) is 0 Å². The molecule has 0 fully saturated rings. The molecule has 0 radical (unpaired) electrons. The second-order valence-electron chi connectivity index (χ2n) is 7.55. The molecule has 0 saturated carbocycles. The van der Waals surface area contributed by atoms with Crippen LogP contribution in [0.25, 0.3) is 44.3 Å². The molecule has 0 atom stereocenters. The SMILES string of the molecule is BrC1=C(c2ccccc2)c2cc3ccc(cc4ccc(cc5nc(cc1n2)C=C5)[nH]4)[nH]3. The topological polar surface area (TPSA) is 57.4 Å². The van der Waals surface area contributed by atoms with Crippen molar-refractivity contribution in [3.05, 3.63) is 107 Å². The summed E-state index contributed by atoms with van der Waals surface area (Å²) in [5, 5.41) is 0. The van der Waals surface area contributed by atoms with Crippen molar-refractivity contribution < 1.29 is 0 Å². The molecule has 5 heteroatoms. The lowest BCUT2D eigenvalue weighted by atomic mass is 10.0. The lowest BCUT2D eigenvalue weighted by Crippen LogP contribution is -1.85. The van der Waals surface area contributed by atoms with E-state index in [1.807, 2.05) is 42.5 Å². The number of halogens is 1. The molecule has 0 aliphatic carbocycles. The van der Waals surface area contributed by atoms with E-state index in [9.17, 15) is 0 Å². The van der Waals surface area contributed by atoms with Gasteiger partial charge in [-0.2, -0.15) is 0 Å². The number of H-pyrrole nitrogens is 2. The minimum Gasteiger partial charge on any atom is -0.355 e. The van der Waals surface area contributed by atoms with Crippen molar-refractivity contribution in [2.45, 2.75) is 0 Å². The molecule has 148 valence electrons. The average molecular weight is 465 g/mol. The van der Waals surface area contributed by atoms with Gasteiger partial charge in [0.25, 0.3) is 0 Å². The first-order valence-electron chi connectivity index (χ1n) is 10.0. The molecule has 0 spiro atoms. The van der Waals surface area contributed by atoms with Crippen molar-refractivity contribution >= 4 is 60.2 Å². The molecule has 2 aliphatic heterocycles. The van der Waals surface area contributed by atoms with Gasteiger partial charge < -0.3 is 9.97 Å². The molecule has 3 aromatic heterocycles. The van der Waals surface area contributed by atoms with Crippen molar-refractivity contribution in [2.75, 3.05) is 0 Å². The Balaban J connectivity index is 1.69. The summed E-state index contributed by atoms with van der Waals surface area (Å²) < 4.78 is 0.967. The fourth-order valence-electron chi connectivity index (χ4n) is 3.92. The van der Waals surface area contributed by atoms with Crippen LogP contribution < -0.4 is 0 Å². The van der Waals surface area contributed by atoms with Crippen molar-refractivity contribution in [2.24, 2.45) is 0 Å². The lowest BCUT2D eigenvalue weighted by molar-refractivity contribution is 1.27. The van der Waals surface area contributed by atoms with Crippen LogP contribution in [0, 0.1) is 0 Å². The fraction of sp³-hybridized carbons (Fsp3) is 0. The minimum atomic E-state index is 0.863. The van der Waals surface area contributed by atoms with Gasteiger partial charge in [-0.05, 0) is 82.2 Å². The van der Waals surface area contributed by atoms with Gasteiger partial charge in [0.15, 0.2) is 0 Å². The fourth-order valence-corrected chi connectivity index (χ4v) is 4.56. The number of nitrogens with one attached hydrogen (secondary N) is 2. The van der Waals surface area contributed by atoms with E-state index >= 15 is 0 Å². The van der Waals surface area contributed by atoms with Crippen LogP contribution in [-0.4, -0.2) is 19.9 Å². The first kappa shape index (κ1) is 18.1. The molecular weight excluding hydrogens is 448 g/mol. The summed E-state index contributed by atoms with van der Waals surface area (Å²) in [6.07, 6.45) is 4.04. The number of aromatic nitrogens is 4. The number of fused-ring (bicyclic) bond motifs is 8. The zero-order valence-electron chi connectivity index (χ0n) is 16.4. The van der Waals surface area contributed by atoms with Gasteiger partial charge in [0.1, 0.15) is 0 Å². The molecule has 5 heterocycles. The summed E-state index contributed by atoms with van der Waals surface area (Å²) in [4.78, 5) is 16.6. The number of nitrogens with zero attached hydrogens (tertiary/aromatic N) is 2. The molecule has 0 amide bonds. The third-order valence-corrected chi connectivity index (χ3v) is 6.14. The van der Waals surface area contributed by atoms with Crippen LogP contribution >= 0.6 is 15.9 Å². The van der Waals surface area contributed by atoms with E-state index in [4.69, 9.17) is 9.97 Å². The zero-order valence-corrected chi connectivity index (χ0v) is 18.0. The molecule has 4 aromatic rings. The highest BCUT2D eigenvalue weighted by atomic mass is 79.9. The second kappa shape index (κ2) is 7.22. The van der Waals surface area contributed by atoms with E-state index < -0.39 is 0 Å². The van der Waals surface area contributed by atoms with E-state index in [0.29, 0.717) is 0 Å². The Kier molecular flexibility index (Phi) is 4.21. The van der Waals surface area contributed by atoms with Crippen LogP contribution in [0.4, 0.5) is 0 Å². The Hall–Kier alpha value is -3.70. The van der Waals surface area contributed by atoms with Gasteiger partial charge in [0, 0.05) is 27.6 Å². The summed E-state index contributed by atoms with van der Waals surface area (Å²) in [6.45, 7) is 0. The van der Waals surface area contributed by atoms with Gasteiger partial charge in [-0.3, -0.25) is 0 Å². The van der Waals surface area contributed by atoms with Crippen molar-refractivity contribution in [1.29, 1.82) is 0 Å². The standard InChI is InChI=1S/C26H17BrN4/c27-26-24-15-22-11-9-20(30-22)13-18-7-6-17(28-18)12-19-8-10-21(29-19)14-23(31-24)25(26)16-4-2-1-3-5-16/h1-15,28-29H. The summed E-state index contributed by atoms with van der Waals surface area (Å²) in [7, 11) is 0. The van der Waals surface area contributed by atoms with E-state index in [-0.39, 0.29) is 0 Å². The minimum absolute atomic E-state index is 0.863. The third kappa shape index (κ3) is 3.43. The quantitative estimate of drug-likeness (QED) is 0.286. The van der Waals surface area contributed by atoms with Gasteiger partial charge in [-0.15, -0.1) is 0 Å². The highest BCUT2D eigenvalue weighted by molar-refractivity contribution is 9.15. The molecule has 2 N–H and O–H groups in total. The smallest absolute Gasteiger partial charge is 0.0807 e. The van der Waals surface area contributed by atoms with Crippen molar-refractivity contribution in [1.82, 2.24) is 19.9 Å². The van der Waals surface area contributed by atoms with Gasteiger partial charge in [-0.1, -0.05) is 30.3 Å². The maximum atomic E-state index is 4.95. The number of aromatic amines is 2. The lowest BCUT2D eigenvalue weighted by Gasteiger charge is -2.03. The molecule has 1 aromatic carbocycles. The highest BCUT2D eigenvalue weighted by Crippen LogP contribution is 2.38. The highest BCUT2D eigenvalue weighted by Gasteiger charge is 2.19. The number of hydrogen-bond acceptors (Lipinski definition) is 2. The Morgan fingerprint density at radius 3 is 1.90 bits per heavy atom. The Morgan fingerprint density at radius 1 is 0.581 bits per heavy atom. The zero-order chi connectivity index (χ0) is 20.8. The van der Waals surface area contributed by atoms with Gasteiger partial charge >= 0.3 is 0 Å². The molecule has 0 saturated heterocycles. The predicted octanol–water partition coefficient (Wildman–Crippen LogP) is 6.80. The maximum Gasteiger partial charge on any atom is 0.0807 e. The van der Waals surface area contributed by atoms with E-state index in [1.165, 1.54) is 0 Å². The summed E-state index contributed by atoms with van der Waals surface area (Å²) in [6, 6.07) is 26.9. The number of hydrogen-bond donors (Lipinski definition) is 2. The summed E-state index contributed by atoms with van der Waals surface area (Å²) >= 11 is 3.81. The van der Waals surface area contributed by atoms with Crippen LogP contribution in [0.5, 0.6) is 0 Å². The predicted molar refractivity (Wildman–Crippen MR) is 131 cm³/mol. The molecule has 31 heavy (non-hydrogen) atoms. The summed E-state index contributed by atoms with van der Waals surface area (Å²) in [5.74, 6) is 0. The molecular formula is C26H17BrN4. The second-order valence-corrected chi connectivity index (χ2v) is 8.34. The Morgan fingerprint density at radius 2 is 1.19 bits per heavy atom. The molecule has 2 aliphatic rings. The Labute approximate surface area is 187 Å². The largest absolute Gasteiger partial charge is 0.355 e. The first-order chi connectivity index (χ1) is 15.2. The van der Waals surface area contributed by atoms with E-state index in [2.05, 4.69) is 74.4 Å². The van der Waals surface area contributed by atoms with E-state index in [1.54, 1.807) is 0 Å². The molecule has 0 unspecified atom stereocenters. The van der Waals surface area contributed by atoms with Crippen molar-refractivity contribution in [3.8, 4) is 0 Å². The molecule has 8 bridgehead atoms. The number of benzene rings is 1. The molecule has 4 nitrogen and oxygen atoms in total. The maximum absolute atomic E-state index is 4.95. The van der Waals surface area contributed by atoms with Gasteiger partial charge in [-0.25, -0.2) is 9.97 Å². The van der Waals surface area contributed by atoms with Crippen LogP contribution in [0.3, 0.4) is 0 Å².